The van der Waals surface area contributed by atoms with Gasteiger partial charge in [0.15, 0.2) is 6.23 Å². The largest absolute Gasteiger partial charge is 0.360 e. The third kappa shape index (κ3) is 5.21. The molecule has 1 unspecified atom stereocenters. The fourth-order valence-corrected chi connectivity index (χ4v) is 4.08. The van der Waals surface area contributed by atoms with Gasteiger partial charge in [0.1, 0.15) is 5.83 Å². The molecule has 164 valence electrons. The summed E-state index contributed by atoms with van der Waals surface area (Å²) in [7, 11) is 0. The minimum atomic E-state index is -0.667. The zero-order valence-electron chi connectivity index (χ0n) is 18.2. The minimum Gasteiger partial charge on any atom is -0.360 e. The van der Waals surface area contributed by atoms with Crippen LogP contribution in [0.4, 0.5) is 8.78 Å². The molecular formula is C26H30F2N2O. The zero-order chi connectivity index (χ0) is 21.8. The molecule has 1 aromatic carbocycles. The van der Waals surface area contributed by atoms with Crippen molar-refractivity contribution in [3.63, 3.8) is 0 Å². The molecular weight excluding hydrogens is 394 g/mol. The lowest BCUT2D eigenvalue weighted by Gasteiger charge is -2.31. The number of nitrogens with zero attached hydrogens (tertiary/aromatic N) is 1. The summed E-state index contributed by atoms with van der Waals surface area (Å²) in [5.41, 5.74) is 7.03. The minimum absolute atomic E-state index is 0.192. The molecule has 1 atom stereocenters. The topological polar surface area (TPSA) is 34.2 Å². The number of aryl methyl sites for hydroxylation is 2. The van der Waals surface area contributed by atoms with Crippen molar-refractivity contribution in [1.29, 1.82) is 0 Å². The van der Waals surface area contributed by atoms with Crippen molar-refractivity contribution in [2.24, 2.45) is 0 Å². The number of ether oxygens (including phenoxy) is 1. The summed E-state index contributed by atoms with van der Waals surface area (Å²) < 4.78 is 31.3. The van der Waals surface area contributed by atoms with Crippen LogP contribution in [0.15, 0.2) is 54.8 Å². The Morgan fingerprint density at radius 1 is 1.06 bits per heavy atom. The van der Waals surface area contributed by atoms with E-state index in [0.29, 0.717) is 0 Å². The van der Waals surface area contributed by atoms with Crippen molar-refractivity contribution in [1.82, 2.24) is 10.3 Å². The Labute approximate surface area is 183 Å². The summed E-state index contributed by atoms with van der Waals surface area (Å²) in [5, 5.41) is 3.09. The lowest BCUT2D eigenvalue weighted by atomic mass is 9.93. The fraction of sp³-hybridized carbons (Fsp3) is 0.423. The summed E-state index contributed by atoms with van der Waals surface area (Å²) in [5.74, 6) is -0.246. The smallest absolute Gasteiger partial charge is 0.180 e. The third-order valence-corrected chi connectivity index (χ3v) is 5.85. The van der Waals surface area contributed by atoms with Crippen LogP contribution < -0.4 is 5.32 Å². The summed E-state index contributed by atoms with van der Waals surface area (Å²) in [6, 6.07) is 8.54. The number of pyridine rings is 1. The Balaban J connectivity index is 0.000000535. The number of nitrogens with one attached hydrogen (secondary N) is 1. The van der Waals surface area contributed by atoms with Crippen molar-refractivity contribution in [3.05, 3.63) is 71.5 Å². The molecule has 1 N–H and O–H groups in total. The monoisotopic (exact) mass is 424 g/mol. The molecule has 0 amide bonds. The number of allylic oxidation sites excluding steroid dienone is 2. The van der Waals surface area contributed by atoms with Gasteiger partial charge >= 0.3 is 0 Å². The Kier molecular flexibility index (Phi) is 6.81. The maximum Gasteiger partial charge on any atom is 0.180 e. The van der Waals surface area contributed by atoms with Crippen molar-refractivity contribution < 1.29 is 13.5 Å². The van der Waals surface area contributed by atoms with Crippen LogP contribution in [0.5, 0.6) is 0 Å². The van der Waals surface area contributed by atoms with Gasteiger partial charge < -0.3 is 10.1 Å². The average Bonchev–Trinajstić information content (AvgIpc) is 2.90. The highest BCUT2D eigenvalue weighted by atomic mass is 19.1. The highest BCUT2D eigenvalue weighted by Gasteiger charge is 2.26. The third-order valence-electron chi connectivity index (χ3n) is 5.85. The molecule has 3 aliphatic rings. The molecule has 0 radical (unpaired) electrons. The average molecular weight is 425 g/mol. The second-order valence-corrected chi connectivity index (χ2v) is 8.64. The van der Waals surface area contributed by atoms with Crippen LogP contribution in [0.2, 0.25) is 0 Å². The summed E-state index contributed by atoms with van der Waals surface area (Å²) in [6.45, 7) is 3.00. The van der Waals surface area contributed by atoms with E-state index in [1.165, 1.54) is 42.5 Å². The Hall–Kier alpha value is -2.53. The molecule has 1 aromatic heterocycles. The number of rotatable bonds is 3. The maximum atomic E-state index is 14.5. The Bertz CT molecular complexity index is 976. The molecule has 3 nitrogen and oxygen atoms in total. The van der Waals surface area contributed by atoms with Gasteiger partial charge in [0.2, 0.25) is 0 Å². The molecule has 0 saturated heterocycles. The van der Waals surface area contributed by atoms with Gasteiger partial charge in [0, 0.05) is 29.7 Å². The van der Waals surface area contributed by atoms with E-state index >= 15 is 0 Å². The van der Waals surface area contributed by atoms with Crippen LogP contribution in [0.1, 0.15) is 56.2 Å². The van der Waals surface area contributed by atoms with Crippen LogP contribution in [-0.2, 0) is 17.6 Å². The van der Waals surface area contributed by atoms with Gasteiger partial charge in [0.25, 0.3) is 0 Å². The predicted molar refractivity (Wildman–Crippen MR) is 121 cm³/mol. The number of hydrogen-bond acceptors (Lipinski definition) is 3. The second kappa shape index (κ2) is 9.73. The van der Waals surface area contributed by atoms with E-state index in [9.17, 15) is 8.78 Å². The lowest BCUT2D eigenvalue weighted by molar-refractivity contribution is -0.0520. The van der Waals surface area contributed by atoms with Gasteiger partial charge in [-0.25, -0.2) is 8.78 Å². The standard InChI is InChI=1S/C23H23FN2O.C3H7F/c24-22-12-18(13-26-23(22)27-19-5-2-6-19)16-7-8-20-17(11-16)4-1-3-15-9-10-25-14-21(15)20;1-3(2)4/h7-14,19,23,26H,1-6H2;3H,1-2H3. The molecule has 2 aromatic rings. The summed E-state index contributed by atoms with van der Waals surface area (Å²) >= 11 is 0. The van der Waals surface area contributed by atoms with Crippen LogP contribution in [0.25, 0.3) is 16.7 Å². The van der Waals surface area contributed by atoms with Gasteiger partial charge in [0.05, 0.1) is 12.3 Å². The molecule has 1 aliphatic heterocycles. The number of benzene rings is 1. The maximum absolute atomic E-state index is 14.5. The molecule has 0 bridgehead atoms. The normalized spacial score (nSPS) is 20.1. The molecule has 1 fully saturated rings. The van der Waals surface area contributed by atoms with E-state index in [1.807, 2.05) is 18.6 Å². The van der Waals surface area contributed by atoms with Gasteiger partial charge in [-0.3, -0.25) is 4.98 Å². The molecule has 0 spiro atoms. The molecule has 5 rings (SSSR count). The number of hydrogen-bond donors (Lipinski definition) is 1. The number of aromatic nitrogens is 1. The molecule has 5 heteroatoms. The first-order valence-electron chi connectivity index (χ1n) is 11.2. The van der Waals surface area contributed by atoms with E-state index in [1.54, 1.807) is 6.08 Å². The van der Waals surface area contributed by atoms with Crippen molar-refractivity contribution in [3.8, 4) is 11.1 Å². The predicted octanol–water partition coefficient (Wildman–Crippen LogP) is 6.29. The van der Waals surface area contributed by atoms with Gasteiger partial charge in [-0.2, -0.15) is 0 Å². The molecule has 1 saturated carbocycles. The molecule has 2 heterocycles. The summed E-state index contributed by atoms with van der Waals surface area (Å²) in [6.07, 6.45) is 12.6. The highest BCUT2D eigenvalue weighted by molar-refractivity contribution is 5.79. The first-order chi connectivity index (χ1) is 15.0. The van der Waals surface area contributed by atoms with E-state index in [0.717, 1.165) is 43.2 Å². The van der Waals surface area contributed by atoms with Gasteiger partial charge in [-0.05, 0) is 86.8 Å². The quantitative estimate of drug-likeness (QED) is 0.628. The first kappa shape index (κ1) is 21.7. The summed E-state index contributed by atoms with van der Waals surface area (Å²) in [4.78, 5) is 4.31. The number of fused-ring (bicyclic) bond motifs is 3. The van der Waals surface area contributed by atoms with Crippen LogP contribution in [0, 0.1) is 0 Å². The van der Waals surface area contributed by atoms with E-state index in [-0.39, 0.29) is 11.9 Å². The number of alkyl halides is 1. The van der Waals surface area contributed by atoms with Crippen molar-refractivity contribution in [2.45, 2.75) is 70.9 Å². The number of dihydropyridines is 1. The van der Waals surface area contributed by atoms with E-state index in [4.69, 9.17) is 4.74 Å². The van der Waals surface area contributed by atoms with Crippen molar-refractivity contribution >= 4 is 5.57 Å². The highest BCUT2D eigenvalue weighted by Crippen LogP contribution is 2.35. The molecule has 2 aliphatic carbocycles. The lowest BCUT2D eigenvalue weighted by Crippen LogP contribution is -2.37. The molecule has 31 heavy (non-hydrogen) atoms. The fourth-order valence-electron chi connectivity index (χ4n) is 4.08. The Morgan fingerprint density at radius 3 is 2.55 bits per heavy atom. The zero-order valence-corrected chi connectivity index (χ0v) is 18.2. The Morgan fingerprint density at radius 2 is 1.84 bits per heavy atom. The van der Waals surface area contributed by atoms with Crippen LogP contribution >= 0.6 is 0 Å². The van der Waals surface area contributed by atoms with Crippen molar-refractivity contribution in [2.75, 3.05) is 0 Å². The second-order valence-electron chi connectivity index (χ2n) is 8.64. The van der Waals surface area contributed by atoms with E-state index in [2.05, 4.69) is 34.6 Å². The van der Waals surface area contributed by atoms with Crippen LogP contribution in [-0.4, -0.2) is 23.5 Å². The SMILES string of the molecule is CC(C)F.FC1=CC(c2ccc3c(c2)CCCc2ccncc2-3)=CNC1OC1CCC1. The van der Waals surface area contributed by atoms with Gasteiger partial charge in [-0.1, -0.05) is 18.2 Å². The van der Waals surface area contributed by atoms with Gasteiger partial charge in [-0.15, -0.1) is 0 Å². The number of halogens is 2. The van der Waals surface area contributed by atoms with Crippen LogP contribution in [0.3, 0.4) is 0 Å². The first-order valence-corrected chi connectivity index (χ1v) is 11.2. The van der Waals surface area contributed by atoms with E-state index < -0.39 is 12.4 Å².